The van der Waals surface area contributed by atoms with Crippen molar-refractivity contribution >= 4 is 21.8 Å². The van der Waals surface area contributed by atoms with E-state index < -0.39 is 5.91 Å². The highest BCUT2D eigenvalue weighted by Gasteiger charge is 2.13. The van der Waals surface area contributed by atoms with Crippen LogP contribution >= 0.6 is 15.9 Å². The number of hydrogen-bond donors (Lipinski definition) is 1. The summed E-state index contributed by atoms with van der Waals surface area (Å²) < 4.78 is 0.757. The number of benzene rings is 1. The number of amides is 1. The predicted octanol–water partition coefficient (Wildman–Crippen LogP) is 5.19. The fourth-order valence-corrected chi connectivity index (χ4v) is 1.93. The van der Waals surface area contributed by atoms with Gasteiger partial charge in [0.1, 0.15) is 0 Å². The van der Waals surface area contributed by atoms with Crippen molar-refractivity contribution in [1.82, 2.24) is 0 Å². The molecule has 0 aromatic heterocycles. The van der Waals surface area contributed by atoms with Crippen molar-refractivity contribution < 1.29 is 4.79 Å². The molecule has 0 aliphatic heterocycles. The number of halogens is 1. The molecule has 3 heteroatoms. The maximum atomic E-state index is 11.1. The molecule has 2 nitrogen and oxygen atoms in total. The molecule has 1 amide bonds. The molecule has 0 bridgehead atoms. The van der Waals surface area contributed by atoms with Gasteiger partial charge >= 0.3 is 0 Å². The highest BCUT2D eigenvalue weighted by atomic mass is 79.9. The first kappa shape index (κ1) is 20.5. The van der Waals surface area contributed by atoms with Crippen molar-refractivity contribution in [1.29, 1.82) is 0 Å². The second-order valence-corrected chi connectivity index (χ2v) is 5.77. The Balaban J connectivity index is 0. The molecule has 0 atom stereocenters. The second kappa shape index (κ2) is 10.0. The van der Waals surface area contributed by atoms with Crippen LogP contribution in [0.3, 0.4) is 0 Å². The first-order chi connectivity index (χ1) is 8.79. The van der Waals surface area contributed by atoms with Crippen molar-refractivity contribution in [3.63, 3.8) is 0 Å². The molecule has 2 N–H and O–H groups in total. The molecule has 0 aliphatic rings. The zero-order chi connectivity index (χ0) is 15.6. The zero-order valence-electron chi connectivity index (χ0n) is 13.3. The lowest BCUT2D eigenvalue weighted by Crippen LogP contribution is -2.14. The Morgan fingerprint density at radius 2 is 1.63 bits per heavy atom. The maximum absolute atomic E-state index is 11.1. The van der Waals surface area contributed by atoms with E-state index in [0.29, 0.717) is 5.56 Å². The molecule has 0 fully saturated rings. The van der Waals surface area contributed by atoms with Crippen LogP contribution in [0.15, 0.2) is 22.7 Å². The van der Waals surface area contributed by atoms with E-state index in [1.54, 1.807) is 0 Å². The monoisotopic (exact) mass is 329 g/mol. The normalized spacial score (nSPS) is 9.68. The van der Waals surface area contributed by atoms with E-state index in [2.05, 4.69) is 36.7 Å². The fourth-order valence-electron chi connectivity index (χ4n) is 1.48. The standard InChI is InChI=1S/C12H16BrNO.2C2H6/c1-12(2,3)7-8-4-5-10(13)9(6-8)11(14)15;2*1-2/h4-6H,7H2,1-3H3,(H2,14,15);2*1-2H3. The van der Waals surface area contributed by atoms with Gasteiger partial charge in [-0.1, -0.05) is 54.5 Å². The Labute approximate surface area is 126 Å². The third-order valence-electron chi connectivity index (χ3n) is 2.03. The summed E-state index contributed by atoms with van der Waals surface area (Å²) in [5.41, 5.74) is 7.18. The minimum absolute atomic E-state index is 0.211. The van der Waals surface area contributed by atoms with Crippen LogP contribution in [-0.4, -0.2) is 5.91 Å². The average molecular weight is 330 g/mol. The van der Waals surface area contributed by atoms with Gasteiger partial charge in [0.2, 0.25) is 5.91 Å². The third-order valence-corrected chi connectivity index (χ3v) is 2.72. The summed E-state index contributed by atoms with van der Waals surface area (Å²) in [7, 11) is 0. The van der Waals surface area contributed by atoms with Crippen molar-refractivity contribution in [2.24, 2.45) is 11.1 Å². The van der Waals surface area contributed by atoms with Gasteiger partial charge in [-0.15, -0.1) is 0 Å². The average Bonchev–Trinajstić information content (AvgIpc) is 2.35. The first-order valence-corrected chi connectivity index (χ1v) is 7.67. The first-order valence-electron chi connectivity index (χ1n) is 6.88. The van der Waals surface area contributed by atoms with Gasteiger partial charge in [0, 0.05) is 4.47 Å². The number of rotatable bonds is 2. The van der Waals surface area contributed by atoms with E-state index in [-0.39, 0.29) is 5.41 Å². The Morgan fingerprint density at radius 1 is 1.16 bits per heavy atom. The van der Waals surface area contributed by atoms with Gasteiger partial charge in [0.05, 0.1) is 5.56 Å². The van der Waals surface area contributed by atoms with Gasteiger partial charge < -0.3 is 5.73 Å². The summed E-state index contributed by atoms with van der Waals surface area (Å²) in [4.78, 5) is 11.1. The van der Waals surface area contributed by atoms with Gasteiger partial charge in [0.15, 0.2) is 0 Å². The van der Waals surface area contributed by atoms with E-state index in [1.165, 1.54) is 0 Å². The Hall–Kier alpha value is -0.830. The molecule has 19 heavy (non-hydrogen) atoms. The van der Waals surface area contributed by atoms with Gasteiger partial charge in [-0.3, -0.25) is 4.79 Å². The van der Waals surface area contributed by atoms with Crippen LogP contribution < -0.4 is 5.73 Å². The summed E-state index contributed by atoms with van der Waals surface area (Å²) in [6, 6.07) is 5.75. The van der Waals surface area contributed by atoms with Crippen LogP contribution in [0.1, 0.15) is 64.4 Å². The lowest BCUT2D eigenvalue weighted by molar-refractivity contribution is 0.0999. The second-order valence-electron chi connectivity index (χ2n) is 4.92. The Kier molecular flexibility index (Phi) is 10.8. The molecule has 110 valence electrons. The highest BCUT2D eigenvalue weighted by Crippen LogP contribution is 2.24. The fraction of sp³-hybridized carbons (Fsp3) is 0.562. The van der Waals surface area contributed by atoms with E-state index in [9.17, 15) is 4.79 Å². The highest BCUT2D eigenvalue weighted by molar-refractivity contribution is 9.10. The molecule has 0 saturated heterocycles. The summed E-state index contributed by atoms with van der Waals surface area (Å²) in [6.45, 7) is 14.5. The number of nitrogens with two attached hydrogens (primary N) is 1. The molecule has 0 unspecified atom stereocenters. The molecule has 0 spiro atoms. The van der Waals surface area contributed by atoms with Crippen LogP contribution in [-0.2, 0) is 6.42 Å². The van der Waals surface area contributed by atoms with E-state index >= 15 is 0 Å². The molecule has 0 heterocycles. The number of primary amides is 1. The quantitative estimate of drug-likeness (QED) is 0.797. The third kappa shape index (κ3) is 8.82. The Bertz CT molecular complexity index is 381. The molecule has 1 aromatic rings. The van der Waals surface area contributed by atoms with Crippen LogP contribution in [0.4, 0.5) is 0 Å². The Morgan fingerprint density at radius 3 is 2.00 bits per heavy atom. The van der Waals surface area contributed by atoms with Gasteiger partial charge in [0.25, 0.3) is 0 Å². The SMILES string of the molecule is CC.CC.CC(C)(C)Cc1ccc(Br)c(C(N)=O)c1. The topological polar surface area (TPSA) is 43.1 Å². The van der Waals surface area contributed by atoms with E-state index in [4.69, 9.17) is 5.73 Å². The smallest absolute Gasteiger partial charge is 0.249 e. The number of hydrogen-bond acceptors (Lipinski definition) is 1. The minimum atomic E-state index is -0.391. The van der Waals surface area contributed by atoms with Crippen molar-refractivity contribution in [2.45, 2.75) is 54.9 Å². The summed E-state index contributed by atoms with van der Waals surface area (Å²) in [5.74, 6) is -0.391. The molecule has 0 saturated carbocycles. The molecule has 1 rings (SSSR count). The van der Waals surface area contributed by atoms with Crippen molar-refractivity contribution in [2.75, 3.05) is 0 Å². The minimum Gasteiger partial charge on any atom is -0.366 e. The summed E-state index contributed by atoms with van der Waals surface area (Å²) >= 11 is 3.31. The molecular formula is C16H28BrNO. The summed E-state index contributed by atoms with van der Waals surface area (Å²) in [6.07, 6.45) is 0.931. The zero-order valence-corrected chi connectivity index (χ0v) is 14.9. The van der Waals surface area contributed by atoms with Crippen molar-refractivity contribution in [3.05, 3.63) is 33.8 Å². The lowest BCUT2D eigenvalue weighted by Gasteiger charge is -2.18. The van der Waals surface area contributed by atoms with Crippen molar-refractivity contribution in [3.8, 4) is 0 Å². The maximum Gasteiger partial charge on any atom is 0.249 e. The van der Waals surface area contributed by atoms with Gasteiger partial charge in [-0.25, -0.2) is 0 Å². The van der Waals surface area contributed by atoms with Crippen LogP contribution in [0.25, 0.3) is 0 Å². The van der Waals surface area contributed by atoms with Crippen LogP contribution in [0.2, 0.25) is 0 Å². The van der Waals surface area contributed by atoms with Gasteiger partial charge in [-0.05, 0) is 45.5 Å². The predicted molar refractivity (Wildman–Crippen MR) is 88.5 cm³/mol. The molecule has 0 aliphatic carbocycles. The van der Waals surface area contributed by atoms with Crippen LogP contribution in [0, 0.1) is 5.41 Å². The molecule has 1 aromatic carbocycles. The largest absolute Gasteiger partial charge is 0.366 e. The molecule has 0 radical (unpaired) electrons. The summed E-state index contributed by atoms with van der Waals surface area (Å²) in [5, 5.41) is 0. The number of carbonyl (C=O) groups is 1. The number of carbonyl (C=O) groups excluding carboxylic acids is 1. The van der Waals surface area contributed by atoms with Gasteiger partial charge in [-0.2, -0.15) is 0 Å². The van der Waals surface area contributed by atoms with Crippen LogP contribution in [0.5, 0.6) is 0 Å². The molecular weight excluding hydrogens is 302 g/mol. The van der Waals surface area contributed by atoms with E-state index in [1.807, 2.05) is 45.9 Å². The lowest BCUT2D eigenvalue weighted by atomic mass is 9.88. The van der Waals surface area contributed by atoms with E-state index in [0.717, 1.165) is 16.5 Å².